The van der Waals surface area contributed by atoms with Gasteiger partial charge in [0.15, 0.2) is 0 Å². The molecule has 5 rings (SSSR count). The molecule has 1 saturated heterocycles. The Kier molecular flexibility index (Phi) is 6.89. The Labute approximate surface area is 208 Å². The minimum atomic E-state index is -0.530. The SMILES string of the molecule is C[C@@H]1C[C@H](O)c2ncnc(N3CCN(C(=O)[C@H](CCCC4CC4)c4ccc(Br)c(F)c4)CC3)c21. The third kappa shape index (κ3) is 4.85. The van der Waals surface area contributed by atoms with E-state index < -0.39 is 6.10 Å². The zero-order chi connectivity index (χ0) is 23.8. The number of benzene rings is 1. The van der Waals surface area contributed by atoms with Gasteiger partial charge in [-0.05, 0) is 58.3 Å². The van der Waals surface area contributed by atoms with Crippen molar-refractivity contribution in [1.82, 2.24) is 14.9 Å². The molecular weight excluding hydrogens is 499 g/mol. The number of hydrogen-bond donors (Lipinski definition) is 1. The molecule has 0 radical (unpaired) electrons. The minimum Gasteiger partial charge on any atom is -0.387 e. The second-order valence-electron chi connectivity index (χ2n) is 10.1. The summed E-state index contributed by atoms with van der Waals surface area (Å²) in [4.78, 5) is 26.6. The van der Waals surface area contributed by atoms with Crippen LogP contribution in [0.25, 0.3) is 0 Å². The summed E-state index contributed by atoms with van der Waals surface area (Å²) in [5, 5.41) is 10.3. The molecule has 0 spiro atoms. The second-order valence-corrected chi connectivity index (χ2v) is 10.9. The number of nitrogens with zero attached hydrogens (tertiary/aromatic N) is 4. The Morgan fingerprint density at radius 3 is 2.71 bits per heavy atom. The first kappa shape index (κ1) is 23.7. The maximum Gasteiger partial charge on any atom is 0.230 e. The van der Waals surface area contributed by atoms with E-state index in [0.717, 1.165) is 47.8 Å². The number of aromatic nitrogens is 2. The fourth-order valence-electron chi connectivity index (χ4n) is 5.49. The number of rotatable bonds is 7. The summed E-state index contributed by atoms with van der Waals surface area (Å²) in [5.74, 6) is 1.37. The third-order valence-electron chi connectivity index (χ3n) is 7.62. The van der Waals surface area contributed by atoms with Gasteiger partial charge in [-0.3, -0.25) is 4.79 Å². The smallest absolute Gasteiger partial charge is 0.230 e. The molecule has 6 nitrogen and oxygen atoms in total. The molecule has 1 amide bonds. The van der Waals surface area contributed by atoms with E-state index in [9.17, 15) is 14.3 Å². The molecule has 182 valence electrons. The molecule has 0 unspecified atom stereocenters. The largest absolute Gasteiger partial charge is 0.387 e. The van der Waals surface area contributed by atoms with Crippen molar-refractivity contribution in [3.05, 3.63) is 51.6 Å². The Hall–Kier alpha value is -2.06. The Morgan fingerprint density at radius 1 is 1.24 bits per heavy atom. The molecule has 1 N–H and O–H groups in total. The highest BCUT2D eigenvalue weighted by Crippen LogP contribution is 2.43. The maximum absolute atomic E-state index is 14.3. The highest BCUT2D eigenvalue weighted by molar-refractivity contribution is 9.10. The second kappa shape index (κ2) is 9.90. The molecule has 2 heterocycles. The third-order valence-corrected chi connectivity index (χ3v) is 8.26. The molecule has 2 fully saturated rings. The van der Waals surface area contributed by atoms with Gasteiger partial charge in [-0.25, -0.2) is 14.4 Å². The van der Waals surface area contributed by atoms with E-state index in [-0.39, 0.29) is 23.6 Å². The summed E-state index contributed by atoms with van der Waals surface area (Å²) in [6.07, 6.45) is 7.18. The lowest BCUT2D eigenvalue weighted by Crippen LogP contribution is -2.50. The number of piperazine rings is 1. The van der Waals surface area contributed by atoms with E-state index in [1.165, 1.54) is 25.2 Å². The molecule has 1 aromatic carbocycles. The lowest BCUT2D eigenvalue weighted by molar-refractivity contribution is -0.133. The van der Waals surface area contributed by atoms with Crippen LogP contribution in [0.2, 0.25) is 0 Å². The normalized spacial score (nSPS) is 23.2. The Bertz CT molecular complexity index is 1060. The summed E-state index contributed by atoms with van der Waals surface area (Å²) in [6, 6.07) is 5.09. The van der Waals surface area contributed by atoms with Crippen LogP contribution < -0.4 is 4.90 Å². The van der Waals surface area contributed by atoms with Gasteiger partial charge in [0, 0.05) is 31.7 Å². The van der Waals surface area contributed by atoms with Gasteiger partial charge < -0.3 is 14.9 Å². The van der Waals surface area contributed by atoms with E-state index in [4.69, 9.17) is 0 Å². The van der Waals surface area contributed by atoms with Crippen molar-refractivity contribution in [2.24, 2.45) is 5.92 Å². The zero-order valence-electron chi connectivity index (χ0n) is 19.6. The average molecular weight is 531 g/mol. The summed E-state index contributed by atoms with van der Waals surface area (Å²) in [6.45, 7) is 4.67. The molecule has 1 saturated carbocycles. The summed E-state index contributed by atoms with van der Waals surface area (Å²) >= 11 is 3.23. The van der Waals surface area contributed by atoms with Gasteiger partial charge in [0.2, 0.25) is 5.91 Å². The predicted octanol–water partition coefficient (Wildman–Crippen LogP) is 4.93. The van der Waals surface area contributed by atoms with E-state index in [0.29, 0.717) is 37.1 Å². The molecule has 0 bridgehead atoms. The van der Waals surface area contributed by atoms with Gasteiger partial charge in [0.05, 0.1) is 22.2 Å². The lowest BCUT2D eigenvalue weighted by Gasteiger charge is -2.38. The highest BCUT2D eigenvalue weighted by atomic mass is 79.9. The van der Waals surface area contributed by atoms with E-state index >= 15 is 0 Å². The van der Waals surface area contributed by atoms with E-state index in [2.05, 4.69) is 37.7 Å². The van der Waals surface area contributed by atoms with Crippen LogP contribution in [-0.4, -0.2) is 52.1 Å². The van der Waals surface area contributed by atoms with Gasteiger partial charge in [0.25, 0.3) is 0 Å². The molecule has 1 aromatic heterocycles. The van der Waals surface area contributed by atoms with Gasteiger partial charge in [0.1, 0.15) is 18.0 Å². The van der Waals surface area contributed by atoms with E-state index in [1.54, 1.807) is 6.07 Å². The van der Waals surface area contributed by atoms with Crippen LogP contribution in [0.5, 0.6) is 0 Å². The number of amides is 1. The maximum atomic E-state index is 14.3. The molecule has 3 aliphatic rings. The fraction of sp³-hybridized carbons (Fsp3) is 0.577. The van der Waals surface area contributed by atoms with E-state index in [1.807, 2.05) is 11.0 Å². The van der Waals surface area contributed by atoms with Crippen molar-refractivity contribution in [3.63, 3.8) is 0 Å². The number of fused-ring (bicyclic) bond motifs is 1. The molecular formula is C26H32BrFN4O2. The number of halogens is 2. The lowest BCUT2D eigenvalue weighted by atomic mass is 9.91. The van der Waals surface area contributed by atoms with Crippen LogP contribution in [-0.2, 0) is 4.79 Å². The van der Waals surface area contributed by atoms with Crippen molar-refractivity contribution in [2.45, 2.75) is 63.4 Å². The first-order valence-corrected chi connectivity index (χ1v) is 13.2. The van der Waals surface area contributed by atoms with Gasteiger partial charge in [-0.1, -0.05) is 38.7 Å². The van der Waals surface area contributed by atoms with Crippen LogP contribution in [0.1, 0.15) is 80.2 Å². The van der Waals surface area contributed by atoms with Crippen LogP contribution >= 0.6 is 15.9 Å². The first-order chi connectivity index (χ1) is 16.4. The van der Waals surface area contributed by atoms with Crippen LogP contribution in [0, 0.1) is 11.7 Å². The van der Waals surface area contributed by atoms with Crippen molar-refractivity contribution < 1.29 is 14.3 Å². The summed E-state index contributed by atoms with van der Waals surface area (Å²) in [7, 11) is 0. The molecule has 3 atom stereocenters. The number of aliphatic hydroxyl groups is 1. The quantitative estimate of drug-likeness (QED) is 0.549. The van der Waals surface area contributed by atoms with Crippen molar-refractivity contribution >= 4 is 27.7 Å². The number of hydrogen-bond acceptors (Lipinski definition) is 5. The minimum absolute atomic E-state index is 0.0916. The predicted molar refractivity (Wildman–Crippen MR) is 132 cm³/mol. The van der Waals surface area contributed by atoms with Crippen molar-refractivity contribution in [1.29, 1.82) is 0 Å². The fourth-order valence-corrected chi connectivity index (χ4v) is 5.74. The molecule has 2 aliphatic carbocycles. The molecule has 34 heavy (non-hydrogen) atoms. The van der Waals surface area contributed by atoms with Crippen molar-refractivity contribution in [2.75, 3.05) is 31.1 Å². The monoisotopic (exact) mass is 530 g/mol. The van der Waals surface area contributed by atoms with Crippen LogP contribution in [0.4, 0.5) is 10.2 Å². The summed E-state index contributed by atoms with van der Waals surface area (Å²) in [5.41, 5.74) is 2.54. The van der Waals surface area contributed by atoms with Gasteiger partial charge in [-0.2, -0.15) is 0 Å². The number of aliphatic hydroxyl groups excluding tert-OH is 1. The Balaban J connectivity index is 1.28. The molecule has 1 aliphatic heterocycles. The van der Waals surface area contributed by atoms with Gasteiger partial charge in [-0.15, -0.1) is 0 Å². The van der Waals surface area contributed by atoms with Crippen molar-refractivity contribution in [3.8, 4) is 0 Å². The topological polar surface area (TPSA) is 69.6 Å². The molecule has 8 heteroatoms. The Morgan fingerprint density at radius 2 is 2.00 bits per heavy atom. The number of carbonyl (C=O) groups is 1. The highest BCUT2D eigenvalue weighted by Gasteiger charge is 2.35. The first-order valence-electron chi connectivity index (χ1n) is 12.4. The standard InChI is InChI=1S/C26H32BrFN4O2/c1-16-13-22(33)24-23(16)25(30-15-29-24)31-9-11-32(12-10-31)26(34)19(4-2-3-17-5-6-17)18-7-8-20(27)21(28)14-18/h7-8,14-17,19,22,33H,2-6,9-13H2,1H3/t16-,19-,22+/m1/s1. The summed E-state index contributed by atoms with van der Waals surface area (Å²) < 4.78 is 14.7. The van der Waals surface area contributed by atoms with Crippen LogP contribution in [0.15, 0.2) is 29.0 Å². The number of anilines is 1. The van der Waals surface area contributed by atoms with Crippen LogP contribution in [0.3, 0.4) is 0 Å². The van der Waals surface area contributed by atoms with Gasteiger partial charge >= 0.3 is 0 Å². The zero-order valence-corrected chi connectivity index (χ0v) is 21.2. The number of carbonyl (C=O) groups excluding carboxylic acids is 1. The molecule has 2 aromatic rings. The average Bonchev–Trinajstić information content (AvgIpc) is 3.62.